The molecule has 1 amide bonds. The summed E-state index contributed by atoms with van der Waals surface area (Å²) in [5, 5.41) is 27.1. The second-order valence-corrected chi connectivity index (χ2v) is 7.87. The standard InChI is InChI=1S/C21H20N5O4/c27-20(17-9-16(22-23-17)14-4-2-1-3-5-14)24-10-13-8-15(12-24)18-6-7-19(26(29)30)21(28)25(18)11-13/h1-7,9,13,15,29H,8,10-12H2,(H,22,23)/q-1. The van der Waals surface area contributed by atoms with Crippen molar-refractivity contribution in [1.29, 1.82) is 0 Å². The number of hydrogen-bond donors (Lipinski definition) is 2. The third-order valence-corrected chi connectivity index (χ3v) is 5.96. The number of rotatable bonds is 3. The van der Waals surface area contributed by atoms with Crippen LogP contribution in [0.1, 0.15) is 28.5 Å². The number of amides is 1. The summed E-state index contributed by atoms with van der Waals surface area (Å²) in [5.74, 6) is -0.0186. The number of nitrogens with zero attached hydrogens (tertiary/aromatic N) is 4. The number of piperidine rings is 1. The fourth-order valence-electron chi connectivity index (χ4n) is 4.60. The van der Waals surface area contributed by atoms with Gasteiger partial charge in [-0.05, 0) is 30.5 Å². The van der Waals surface area contributed by atoms with Crippen LogP contribution in [-0.2, 0) is 6.54 Å². The summed E-state index contributed by atoms with van der Waals surface area (Å²) >= 11 is 0. The van der Waals surface area contributed by atoms with Crippen molar-refractivity contribution >= 4 is 11.6 Å². The van der Waals surface area contributed by atoms with Gasteiger partial charge in [-0.25, -0.2) is 0 Å². The first-order valence-corrected chi connectivity index (χ1v) is 9.81. The fraction of sp³-hybridized carbons (Fsp3) is 0.286. The SMILES string of the molecule is O=C(c1cc(-c2ccccc2)n[nH]1)N1CC2CC(C1)c1ccc(N([O-])O)c(=O)n1C2. The number of H-pyrrole nitrogens is 1. The van der Waals surface area contributed by atoms with Crippen LogP contribution in [0, 0.1) is 11.1 Å². The third kappa shape index (κ3) is 3.08. The van der Waals surface area contributed by atoms with Gasteiger partial charge in [0, 0.05) is 36.8 Å². The second-order valence-electron chi connectivity index (χ2n) is 7.87. The predicted molar refractivity (Wildman–Crippen MR) is 109 cm³/mol. The number of hydrogen-bond acceptors (Lipinski definition) is 6. The zero-order valence-electron chi connectivity index (χ0n) is 16.1. The molecule has 2 aliphatic rings. The van der Waals surface area contributed by atoms with Gasteiger partial charge in [0.15, 0.2) is 0 Å². The minimum atomic E-state index is -0.499. The molecule has 2 aliphatic heterocycles. The molecule has 4 heterocycles. The van der Waals surface area contributed by atoms with Crippen LogP contribution < -0.4 is 10.8 Å². The minimum Gasteiger partial charge on any atom is -0.733 e. The minimum absolute atomic E-state index is 0.00138. The van der Waals surface area contributed by atoms with Gasteiger partial charge < -0.3 is 19.9 Å². The summed E-state index contributed by atoms with van der Waals surface area (Å²) in [7, 11) is 0. The van der Waals surface area contributed by atoms with E-state index in [4.69, 9.17) is 5.21 Å². The molecule has 1 saturated heterocycles. The predicted octanol–water partition coefficient (Wildman–Crippen LogP) is 2.19. The van der Waals surface area contributed by atoms with Crippen molar-refractivity contribution in [1.82, 2.24) is 19.7 Å². The summed E-state index contributed by atoms with van der Waals surface area (Å²) in [6.45, 7) is 1.41. The van der Waals surface area contributed by atoms with Gasteiger partial charge in [-0.15, -0.1) is 0 Å². The molecule has 1 aromatic carbocycles. The highest BCUT2D eigenvalue weighted by Gasteiger charge is 2.37. The van der Waals surface area contributed by atoms with Crippen molar-refractivity contribution in [2.45, 2.75) is 18.9 Å². The smallest absolute Gasteiger partial charge is 0.275 e. The topological polar surface area (TPSA) is 118 Å². The van der Waals surface area contributed by atoms with Crippen molar-refractivity contribution in [3.8, 4) is 11.3 Å². The largest absolute Gasteiger partial charge is 0.733 e. The Labute approximate surface area is 171 Å². The van der Waals surface area contributed by atoms with Crippen LogP contribution in [0.2, 0.25) is 0 Å². The van der Waals surface area contributed by atoms with E-state index in [1.165, 1.54) is 6.07 Å². The molecule has 2 aromatic heterocycles. The van der Waals surface area contributed by atoms with Crippen molar-refractivity contribution in [2.75, 3.05) is 18.3 Å². The van der Waals surface area contributed by atoms with Gasteiger partial charge in [0.1, 0.15) is 11.4 Å². The van der Waals surface area contributed by atoms with Crippen LogP contribution in [-0.4, -0.2) is 43.9 Å². The van der Waals surface area contributed by atoms with Crippen LogP contribution in [0.5, 0.6) is 0 Å². The molecule has 9 heteroatoms. The number of aromatic nitrogens is 3. The number of fused-ring (bicyclic) bond motifs is 4. The van der Waals surface area contributed by atoms with Crippen molar-refractivity contribution in [2.24, 2.45) is 5.92 Å². The Balaban J connectivity index is 1.39. The Hall–Kier alpha value is -3.43. The van der Waals surface area contributed by atoms with E-state index in [9.17, 15) is 14.8 Å². The first kappa shape index (κ1) is 18.6. The summed E-state index contributed by atoms with van der Waals surface area (Å²) in [6.07, 6.45) is 0.876. The lowest BCUT2D eigenvalue weighted by molar-refractivity contribution is 0.0588. The molecule has 1 fully saturated rings. The first-order valence-electron chi connectivity index (χ1n) is 9.81. The lowest BCUT2D eigenvalue weighted by Crippen LogP contribution is -2.49. The van der Waals surface area contributed by atoms with E-state index in [1.807, 2.05) is 30.3 Å². The van der Waals surface area contributed by atoms with Crippen molar-refractivity contribution in [3.05, 3.63) is 75.5 Å². The van der Waals surface area contributed by atoms with Gasteiger partial charge in [-0.2, -0.15) is 5.10 Å². The van der Waals surface area contributed by atoms with Crippen molar-refractivity contribution in [3.63, 3.8) is 0 Å². The zero-order chi connectivity index (χ0) is 20.8. The lowest BCUT2D eigenvalue weighted by atomic mass is 9.83. The van der Waals surface area contributed by atoms with Gasteiger partial charge in [-0.3, -0.25) is 19.9 Å². The molecule has 3 aromatic rings. The maximum Gasteiger partial charge on any atom is 0.275 e. The Morgan fingerprint density at radius 3 is 2.73 bits per heavy atom. The van der Waals surface area contributed by atoms with E-state index in [0.29, 0.717) is 31.0 Å². The van der Waals surface area contributed by atoms with Gasteiger partial charge >= 0.3 is 0 Å². The normalized spacial score (nSPS) is 20.0. The molecular formula is C21H20N5O4-. The molecule has 0 radical (unpaired) electrons. The number of carbonyl (C=O) groups excluding carboxylic acids is 1. The Morgan fingerprint density at radius 1 is 1.17 bits per heavy atom. The summed E-state index contributed by atoms with van der Waals surface area (Å²) in [4.78, 5) is 27.4. The highest BCUT2D eigenvalue weighted by molar-refractivity contribution is 5.93. The van der Waals surface area contributed by atoms with Crippen LogP contribution in [0.4, 0.5) is 5.69 Å². The van der Waals surface area contributed by atoms with Crippen molar-refractivity contribution < 1.29 is 10.0 Å². The molecule has 9 nitrogen and oxygen atoms in total. The number of benzene rings is 1. The highest BCUT2D eigenvalue weighted by atomic mass is 16.8. The number of nitrogens with one attached hydrogen (secondary N) is 1. The van der Waals surface area contributed by atoms with E-state index in [-0.39, 0.29) is 23.4 Å². The second kappa shape index (κ2) is 7.12. The van der Waals surface area contributed by atoms with E-state index < -0.39 is 10.8 Å². The molecular weight excluding hydrogens is 386 g/mol. The third-order valence-electron chi connectivity index (χ3n) is 5.96. The molecule has 0 spiro atoms. The molecule has 2 unspecified atom stereocenters. The Bertz CT molecular complexity index is 1150. The summed E-state index contributed by atoms with van der Waals surface area (Å²) < 4.78 is 1.56. The average Bonchev–Trinajstić information content (AvgIpc) is 3.24. The fourth-order valence-corrected chi connectivity index (χ4v) is 4.60. The zero-order valence-corrected chi connectivity index (χ0v) is 16.1. The lowest BCUT2D eigenvalue weighted by Gasteiger charge is -2.43. The van der Waals surface area contributed by atoms with Gasteiger partial charge in [0.25, 0.3) is 11.5 Å². The van der Waals surface area contributed by atoms with Crippen LogP contribution >= 0.6 is 0 Å². The maximum absolute atomic E-state index is 13.1. The van der Waals surface area contributed by atoms with Gasteiger partial charge in [-0.1, -0.05) is 30.3 Å². The number of anilines is 1. The van der Waals surface area contributed by atoms with E-state index >= 15 is 0 Å². The monoisotopic (exact) mass is 406 g/mol. The number of carbonyl (C=O) groups is 1. The molecule has 154 valence electrons. The average molecular weight is 406 g/mol. The molecule has 0 saturated carbocycles. The number of pyridine rings is 1. The quantitative estimate of drug-likeness (QED) is 0.644. The molecule has 5 rings (SSSR count). The van der Waals surface area contributed by atoms with E-state index in [2.05, 4.69) is 10.2 Å². The first-order chi connectivity index (χ1) is 14.5. The molecule has 2 atom stereocenters. The number of aromatic amines is 1. The molecule has 2 bridgehead atoms. The Kier molecular flexibility index (Phi) is 4.41. The summed E-state index contributed by atoms with van der Waals surface area (Å²) in [6, 6.07) is 14.4. The molecule has 2 N–H and O–H groups in total. The molecule has 30 heavy (non-hydrogen) atoms. The van der Waals surface area contributed by atoms with Gasteiger partial charge in [0.2, 0.25) is 0 Å². The van der Waals surface area contributed by atoms with E-state index in [0.717, 1.165) is 17.7 Å². The van der Waals surface area contributed by atoms with Gasteiger partial charge in [0.05, 0.1) is 5.69 Å². The van der Waals surface area contributed by atoms with Crippen LogP contribution in [0.15, 0.2) is 53.3 Å². The Morgan fingerprint density at radius 2 is 1.97 bits per heavy atom. The summed E-state index contributed by atoms with van der Waals surface area (Å²) in [5.41, 5.74) is 2.08. The van der Waals surface area contributed by atoms with E-state index in [1.54, 1.807) is 21.6 Å². The maximum atomic E-state index is 13.1. The highest BCUT2D eigenvalue weighted by Crippen LogP contribution is 2.36. The van der Waals surface area contributed by atoms with Crippen LogP contribution in [0.3, 0.4) is 0 Å². The number of likely N-dealkylation sites (tertiary alicyclic amines) is 1. The molecule has 0 aliphatic carbocycles. The van der Waals surface area contributed by atoms with Crippen LogP contribution in [0.25, 0.3) is 11.3 Å².